The maximum absolute atomic E-state index is 12.6. The Kier molecular flexibility index (Phi) is 6.32. The van der Waals surface area contributed by atoms with Crippen molar-refractivity contribution in [2.45, 2.75) is 95.7 Å². The predicted octanol–water partition coefficient (Wildman–Crippen LogP) is 6.59. The molecule has 7 rings (SSSR count). The summed E-state index contributed by atoms with van der Waals surface area (Å²) in [5.74, 6) is 1.59. The highest BCUT2D eigenvalue weighted by molar-refractivity contribution is 6.21. The summed E-state index contributed by atoms with van der Waals surface area (Å²) in [7, 11) is 0. The zero-order valence-electron chi connectivity index (χ0n) is 23.9. The van der Waals surface area contributed by atoms with Gasteiger partial charge in [0.1, 0.15) is 0 Å². The molecule has 4 fully saturated rings. The highest BCUT2D eigenvalue weighted by Crippen LogP contribution is 2.70. The minimum Gasteiger partial charge on any atom is -0.472 e. The van der Waals surface area contributed by atoms with Gasteiger partial charge in [0.2, 0.25) is 0 Å². The van der Waals surface area contributed by atoms with Crippen molar-refractivity contribution in [3.8, 4) is 0 Å². The van der Waals surface area contributed by atoms with E-state index in [1.807, 2.05) is 6.26 Å². The molecule has 1 aromatic carbocycles. The summed E-state index contributed by atoms with van der Waals surface area (Å²) in [6, 6.07) is 9.18. The molecule has 5 aliphatic rings. The van der Waals surface area contributed by atoms with Gasteiger partial charge in [-0.3, -0.25) is 14.5 Å². The number of imide groups is 1. The molecule has 1 aromatic heterocycles. The van der Waals surface area contributed by atoms with Crippen molar-refractivity contribution in [3.05, 3.63) is 59.5 Å². The van der Waals surface area contributed by atoms with E-state index in [-0.39, 0.29) is 28.7 Å². The average Bonchev–Trinajstić information content (AvgIpc) is 3.64. The van der Waals surface area contributed by atoms with Crippen molar-refractivity contribution in [2.75, 3.05) is 13.2 Å². The van der Waals surface area contributed by atoms with Crippen LogP contribution in [0.25, 0.3) is 0 Å². The fourth-order valence-electron chi connectivity index (χ4n) is 10.3. The third-order valence-electron chi connectivity index (χ3n) is 12.5. The molecule has 214 valence electrons. The molecular weight excluding hydrogens is 502 g/mol. The van der Waals surface area contributed by atoms with Gasteiger partial charge in [-0.15, -0.1) is 0 Å². The lowest BCUT2D eigenvalue weighted by atomic mass is 9.43. The molecule has 2 amide bonds. The minimum absolute atomic E-state index is 0.0823. The van der Waals surface area contributed by atoms with Crippen LogP contribution in [-0.4, -0.2) is 46.7 Å². The number of ether oxygens (including phenoxy) is 1. The first-order chi connectivity index (χ1) is 19.3. The Morgan fingerprint density at radius 3 is 2.45 bits per heavy atom. The lowest BCUT2D eigenvalue weighted by Gasteiger charge is -2.63. The van der Waals surface area contributed by atoms with Crippen molar-refractivity contribution in [2.24, 2.45) is 28.6 Å². The molecule has 0 radical (unpaired) electrons. The number of furan rings is 1. The van der Waals surface area contributed by atoms with E-state index >= 15 is 0 Å². The Hall–Kier alpha value is -2.44. The monoisotopic (exact) mass is 545 g/mol. The van der Waals surface area contributed by atoms with Gasteiger partial charge in [-0.1, -0.05) is 26.0 Å². The summed E-state index contributed by atoms with van der Waals surface area (Å²) in [5, 5.41) is 12.4. The lowest BCUT2D eigenvalue weighted by molar-refractivity contribution is -0.207. The maximum Gasteiger partial charge on any atom is 0.261 e. The Labute approximate surface area is 237 Å². The average molecular weight is 546 g/mol. The van der Waals surface area contributed by atoms with Crippen LogP contribution in [0.4, 0.5) is 0 Å². The first-order valence-electron chi connectivity index (χ1n) is 15.6. The van der Waals surface area contributed by atoms with E-state index in [0.29, 0.717) is 54.4 Å². The summed E-state index contributed by atoms with van der Waals surface area (Å²) in [6.07, 6.45) is 14.4. The van der Waals surface area contributed by atoms with Gasteiger partial charge in [0.15, 0.2) is 0 Å². The van der Waals surface area contributed by atoms with E-state index in [1.165, 1.54) is 23.3 Å². The normalized spacial score (nSPS) is 40.5. The molecule has 8 atom stereocenters. The molecule has 2 heterocycles. The molecule has 0 spiro atoms. The first kappa shape index (κ1) is 26.5. The fraction of sp³-hybridized carbons (Fsp3) is 0.647. The molecule has 3 unspecified atom stereocenters. The van der Waals surface area contributed by atoms with E-state index in [1.54, 1.807) is 30.5 Å². The molecule has 0 saturated heterocycles. The SMILES string of the molecule is C[C@]12CCC(OCCCN3C(=O)c4ccccc4C3=O)CC1CC[C@@H]1[C@H]2CC[C@]2(C)C(c3ccoc3)CC[C@@]12O. The molecular formula is C34H43NO5. The van der Waals surface area contributed by atoms with E-state index in [9.17, 15) is 14.7 Å². The summed E-state index contributed by atoms with van der Waals surface area (Å²) in [5.41, 5.74) is 1.87. The lowest BCUT2D eigenvalue weighted by Crippen LogP contribution is -2.62. The molecule has 4 aliphatic carbocycles. The zero-order valence-corrected chi connectivity index (χ0v) is 23.9. The number of amides is 2. The number of benzene rings is 1. The summed E-state index contributed by atoms with van der Waals surface area (Å²) in [4.78, 5) is 26.7. The number of carbonyl (C=O) groups excluding carboxylic acids is 2. The molecule has 40 heavy (non-hydrogen) atoms. The Morgan fingerprint density at radius 2 is 1.73 bits per heavy atom. The third-order valence-corrected chi connectivity index (χ3v) is 12.5. The van der Waals surface area contributed by atoms with Crippen LogP contribution in [0.3, 0.4) is 0 Å². The summed E-state index contributed by atoms with van der Waals surface area (Å²) >= 11 is 0. The van der Waals surface area contributed by atoms with Crippen LogP contribution in [0.1, 0.15) is 110 Å². The van der Waals surface area contributed by atoms with Crippen LogP contribution in [-0.2, 0) is 4.74 Å². The van der Waals surface area contributed by atoms with Crippen molar-refractivity contribution < 1.29 is 23.8 Å². The van der Waals surface area contributed by atoms with Gasteiger partial charge in [-0.25, -0.2) is 0 Å². The molecule has 6 nitrogen and oxygen atoms in total. The van der Waals surface area contributed by atoms with Crippen LogP contribution >= 0.6 is 0 Å². The van der Waals surface area contributed by atoms with E-state index < -0.39 is 5.60 Å². The smallest absolute Gasteiger partial charge is 0.261 e. The zero-order chi connectivity index (χ0) is 27.7. The molecule has 6 heteroatoms. The van der Waals surface area contributed by atoms with Gasteiger partial charge in [-0.2, -0.15) is 0 Å². The molecule has 2 aromatic rings. The minimum atomic E-state index is -0.594. The Morgan fingerprint density at radius 1 is 0.950 bits per heavy atom. The Balaban J connectivity index is 0.959. The molecule has 1 N–H and O–H groups in total. The molecule has 0 bridgehead atoms. The van der Waals surface area contributed by atoms with Crippen LogP contribution < -0.4 is 0 Å². The highest BCUT2D eigenvalue weighted by Gasteiger charge is 2.67. The van der Waals surface area contributed by atoms with Gasteiger partial charge >= 0.3 is 0 Å². The largest absolute Gasteiger partial charge is 0.472 e. The third kappa shape index (κ3) is 3.74. The second-order valence-electron chi connectivity index (χ2n) is 13.9. The molecule has 1 aliphatic heterocycles. The van der Waals surface area contributed by atoms with Gasteiger partial charge < -0.3 is 14.3 Å². The van der Waals surface area contributed by atoms with Crippen molar-refractivity contribution in [3.63, 3.8) is 0 Å². The number of hydrogen-bond donors (Lipinski definition) is 1. The van der Waals surface area contributed by atoms with E-state index in [0.717, 1.165) is 44.9 Å². The van der Waals surface area contributed by atoms with Crippen molar-refractivity contribution in [1.82, 2.24) is 4.90 Å². The maximum atomic E-state index is 12.6. The summed E-state index contributed by atoms with van der Waals surface area (Å²) < 4.78 is 11.8. The number of aliphatic hydroxyl groups is 1. The Bertz CT molecular complexity index is 1250. The number of rotatable bonds is 6. The van der Waals surface area contributed by atoms with Crippen molar-refractivity contribution in [1.29, 1.82) is 0 Å². The highest BCUT2D eigenvalue weighted by atomic mass is 16.5. The second-order valence-corrected chi connectivity index (χ2v) is 13.9. The van der Waals surface area contributed by atoms with Gasteiger partial charge in [0.05, 0.1) is 35.4 Å². The van der Waals surface area contributed by atoms with Crippen LogP contribution in [0.2, 0.25) is 0 Å². The standard InChI is InChI=1S/C34H43NO5/c1-32-14-10-24(40-18-5-17-35-30(36)25-6-3-4-7-26(25)31(35)37)20-23(32)8-9-29-28(32)11-15-33(2)27(12-16-34(29,33)38)22-13-19-39-21-22/h3-4,6-7,13,19,21,23-24,27-29,38H,5,8-12,14-18,20H2,1-2H3/t23?,24?,27?,28-,29-,32+,33-,34-/m1/s1. The van der Waals surface area contributed by atoms with Gasteiger partial charge in [0.25, 0.3) is 11.8 Å². The number of carbonyl (C=O) groups is 2. The fourth-order valence-corrected chi connectivity index (χ4v) is 10.3. The first-order valence-corrected chi connectivity index (χ1v) is 15.6. The topological polar surface area (TPSA) is 80.0 Å². The van der Waals surface area contributed by atoms with Crippen LogP contribution in [0.15, 0.2) is 47.3 Å². The number of hydrogen-bond acceptors (Lipinski definition) is 5. The number of fused-ring (bicyclic) bond motifs is 6. The number of nitrogens with zero attached hydrogens (tertiary/aromatic N) is 1. The van der Waals surface area contributed by atoms with Gasteiger partial charge in [0, 0.05) is 18.6 Å². The van der Waals surface area contributed by atoms with Crippen molar-refractivity contribution >= 4 is 11.8 Å². The predicted molar refractivity (Wildman–Crippen MR) is 151 cm³/mol. The second kappa shape index (κ2) is 9.55. The van der Waals surface area contributed by atoms with Gasteiger partial charge in [-0.05, 0) is 117 Å². The summed E-state index contributed by atoms with van der Waals surface area (Å²) in [6.45, 7) is 5.85. The van der Waals surface area contributed by atoms with E-state index in [4.69, 9.17) is 9.15 Å². The van der Waals surface area contributed by atoms with Crippen LogP contribution in [0, 0.1) is 28.6 Å². The molecule has 4 saturated carbocycles. The van der Waals surface area contributed by atoms with E-state index in [2.05, 4.69) is 19.9 Å². The van der Waals surface area contributed by atoms with Crippen LogP contribution in [0.5, 0.6) is 0 Å². The quantitative estimate of drug-likeness (QED) is 0.327.